The van der Waals surface area contributed by atoms with Crippen molar-refractivity contribution in [3.8, 4) is 0 Å². The van der Waals surface area contributed by atoms with Crippen LogP contribution in [0.4, 0.5) is 0 Å². The summed E-state index contributed by atoms with van der Waals surface area (Å²) in [4.78, 5) is 11.3. The van der Waals surface area contributed by atoms with E-state index in [1.165, 1.54) is 32.1 Å². The summed E-state index contributed by atoms with van der Waals surface area (Å²) in [6, 6.07) is 0. The van der Waals surface area contributed by atoms with Gasteiger partial charge in [-0.1, -0.05) is 13.5 Å². The van der Waals surface area contributed by atoms with Gasteiger partial charge in [-0.05, 0) is 85.9 Å². The maximum absolute atomic E-state index is 11.3. The topological polar surface area (TPSA) is 37.3 Å². The van der Waals surface area contributed by atoms with Gasteiger partial charge in [-0.15, -0.1) is 0 Å². The van der Waals surface area contributed by atoms with Crippen LogP contribution in [0.25, 0.3) is 0 Å². The lowest BCUT2D eigenvalue weighted by Crippen LogP contribution is -2.36. The Morgan fingerprint density at radius 1 is 1.15 bits per heavy atom. The molecule has 2 heteroatoms. The van der Waals surface area contributed by atoms with E-state index in [2.05, 4.69) is 13.5 Å². The van der Waals surface area contributed by atoms with E-state index in [0.29, 0.717) is 11.5 Å². The van der Waals surface area contributed by atoms with E-state index in [0.717, 1.165) is 41.9 Å². The highest BCUT2D eigenvalue weighted by molar-refractivity contribution is 5.86. The molecular weight excluding hydrogens is 248 g/mol. The fourth-order valence-electron chi connectivity index (χ4n) is 7.05. The molecule has 0 heterocycles. The standard InChI is InChI=1S/C18H26O2/c1-3-13(9(2)18(19)20)14-7-12-8-15(14)17-11-5-4-10(6-11)16(12)17/h10-17H,2-8H2,1H3,(H,19,20). The Bertz CT molecular complexity index is 454. The molecule has 0 aromatic rings. The van der Waals surface area contributed by atoms with Gasteiger partial charge in [-0.3, -0.25) is 0 Å². The minimum atomic E-state index is -0.774. The van der Waals surface area contributed by atoms with Gasteiger partial charge in [-0.25, -0.2) is 4.79 Å². The molecule has 8 atom stereocenters. The van der Waals surface area contributed by atoms with Crippen molar-refractivity contribution in [2.45, 2.75) is 45.4 Å². The number of rotatable bonds is 4. The first kappa shape index (κ1) is 12.9. The van der Waals surface area contributed by atoms with Gasteiger partial charge in [-0.2, -0.15) is 0 Å². The lowest BCUT2D eigenvalue weighted by Gasteiger charge is -2.41. The van der Waals surface area contributed by atoms with Crippen LogP contribution in [0.1, 0.15) is 45.4 Å². The lowest BCUT2D eigenvalue weighted by molar-refractivity contribution is -0.133. The van der Waals surface area contributed by atoms with Crippen LogP contribution in [0.15, 0.2) is 12.2 Å². The maximum Gasteiger partial charge on any atom is 0.331 e. The summed E-state index contributed by atoms with van der Waals surface area (Å²) in [7, 11) is 0. The average Bonchev–Trinajstić information content (AvgIpc) is 3.17. The monoisotopic (exact) mass is 274 g/mol. The highest BCUT2D eigenvalue weighted by Crippen LogP contribution is 2.70. The van der Waals surface area contributed by atoms with Crippen LogP contribution in [0.5, 0.6) is 0 Å². The molecule has 4 aliphatic carbocycles. The number of carbonyl (C=O) groups is 1. The quantitative estimate of drug-likeness (QED) is 0.622. The fraction of sp³-hybridized carbons (Fsp3) is 0.833. The Morgan fingerprint density at radius 3 is 2.50 bits per heavy atom. The summed E-state index contributed by atoms with van der Waals surface area (Å²) in [6.45, 7) is 6.03. The molecular formula is C18H26O2. The summed E-state index contributed by atoms with van der Waals surface area (Å²) < 4.78 is 0. The summed E-state index contributed by atoms with van der Waals surface area (Å²) in [6.07, 6.45) is 8.07. The molecule has 0 radical (unpaired) electrons. The Labute approximate surface area is 121 Å². The molecule has 4 aliphatic rings. The molecule has 2 nitrogen and oxygen atoms in total. The van der Waals surface area contributed by atoms with Crippen molar-refractivity contribution >= 4 is 5.97 Å². The highest BCUT2D eigenvalue weighted by atomic mass is 16.4. The van der Waals surface area contributed by atoms with Gasteiger partial charge >= 0.3 is 5.97 Å². The summed E-state index contributed by atoms with van der Waals surface area (Å²) in [5.74, 6) is 5.80. The molecule has 0 saturated heterocycles. The van der Waals surface area contributed by atoms with Crippen molar-refractivity contribution in [3.63, 3.8) is 0 Å². The average molecular weight is 274 g/mol. The van der Waals surface area contributed by atoms with E-state index in [-0.39, 0.29) is 5.92 Å². The van der Waals surface area contributed by atoms with Crippen LogP contribution < -0.4 is 0 Å². The van der Waals surface area contributed by atoms with E-state index in [1.807, 2.05) is 0 Å². The van der Waals surface area contributed by atoms with E-state index in [1.54, 1.807) is 0 Å². The molecule has 4 rings (SSSR count). The molecule has 0 aliphatic heterocycles. The Hall–Kier alpha value is -0.790. The zero-order valence-electron chi connectivity index (χ0n) is 12.4. The number of hydrogen-bond acceptors (Lipinski definition) is 1. The predicted octanol–water partition coefficient (Wildman–Crippen LogP) is 3.97. The van der Waals surface area contributed by atoms with Crippen LogP contribution in [0.2, 0.25) is 0 Å². The molecule has 0 aromatic heterocycles. The molecule has 4 bridgehead atoms. The van der Waals surface area contributed by atoms with Gasteiger partial charge in [0.05, 0.1) is 0 Å². The molecule has 0 spiro atoms. The second-order valence-electron chi connectivity index (χ2n) is 7.89. The molecule has 20 heavy (non-hydrogen) atoms. The smallest absolute Gasteiger partial charge is 0.331 e. The predicted molar refractivity (Wildman–Crippen MR) is 78.1 cm³/mol. The molecule has 0 amide bonds. The zero-order chi connectivity index (χ0) is 14.0. The van der Waals surface area contributed by atoms with Gasteiger partial charge in [0.25, 0.3) is 0 Å². The third kappa shape index (κ3) is 1.54. The number of fused-ring (bicyclic) bond motifs is 9. The number of hydrogen-bond donors (Lipinski definition) is 1. The number of aliphatic carboxylic acids is 1. The zero-order valence-corrected chi connectivity index (χ0v) is 12.4. The summed E-state index contributed by atoms with van der Waals surface area (Å²) >= 11 is 0. The Balaban J connectivity index is 1.58. The first-order valence-corrected chi connectivity index (χ1v) is 8.53. The van der Waals surface area contributed by atoms with Crippen molar-refractivity contribution < 1.29 is 9.90 Å². The third-order valence-corrected chi connectivity index (χ3v) is 7.46. The van der Waals surface area contributed by atoms with E-state index < -0.39 is 5.97 Å². The van der Waals surface area contributed by atoms with Crippen molar-refractivity contribution in [1.82, 2.24) is 0 Å². The second kappa shape index (κ2) is 4.35. The van der Waals surface area contributed by atoms with E-state index in [4.69, 9.17) is 0 Å². The molecule has 8 unspecified atom stereocenters. The molecule has 4 saturated carbocycles. The van der Waals surface area contributed by atoms with Crippen LogP contribution in [0.3, 0.4) is 0 Å². The van der Waals surface area contributed by atoms with Crippen LogP contribution >= 0.6 is 0 Å². The number of carboxylic acids is 1. The largest absolute Gasteiger partial charge is 0.478 e. The van der Waals surface area contributed by atoms with Gasteiger partial charge in [0.2, 0.25) is 0 Å². The lowest BCUT2D eigenvalue weighted by atomic mass is 9.63. The maximum atomic E-state index is 11.3. The van der Waals surface area contributed by atoms with Crippen LogP contribution in [-0.4, -0.2) is 11.1 Å². The molecule has 1 N–H and O–H groups in total. The van der Waals surface area contributed by atoms with Crippen molar-refractivity contribution in [2.75, 3.05) is 0 Å². The first-order valence-electron chi connectivity index (χ1n) is 8.53. The fourth-order valence-corrected chi connectivity index (χ4v) is 7.05. The van der Waals surface area contributed by atoms with Gasteiger partial charge in [0, 0.05) is 5.57 Å². The normalized spacial score (nSPS) is 49.4. The van der Waals surface area contributed by atoms with Crippen molar-refractivity contribution in [2.24, 2.45) is 47.3 Å². The number of carboxylic acid groups (broad SMARTS) is 1. The Kier molecular flexibility index (Phi) is 2.81. The second-order valence-corrected chi connectivity index (χ2v) is 7.89. The van der Waals surface area contributed by atoms with Gasteiger partial charge in [0.15, 0.2) is 0 Å². The SMILES string of the molecule is C=C(C(=O)O)C(CC)C1CC2CC1C1C3CCC(C3)C21. The minimum absolute atomic E-state index is 0.225. The molecule has 0 aromatic carbocycles. The van der Waals surface area contributed by atoms with Gasteiger partial charge in [0.1, 0.15) is 0 Å². The first-order chi connectivity index (χ1) is 9.61. The Morgan fingerprint density at radius 2 is 1.85 bits per heavy atom. The van der Waals surface area contributed by atoms with Gasteiger partial charge < -0.3 is 5.11 Å². The molecule has 110 valence electrons. The van der Waals surface area contributed by atoms with Crippen molar-refractivity contribution in [1.29, 1.82) is 0 Å². The summed E-state index contributed by atoms with van der Waals surface area (Å²) in [5, 5.41) is 9.31. The minimum Gasteiger partial charge on any atom is -0.478 e. The molecule has 4 fully saturated rings. The van der Waals surface area contributed by atoms with Crippen LogP contribution in [0, 0.1) is 47.3 Å². The highest BCUT2D eigenvalue weighted by Gasteiger charge is 2.63. The van der Waals surface area contributed by atoms with Crippen LogP contribution in [-0.2, 0) is 4.79 Å². The third-order valence-electron chi connectivity index (χ3n) is 7.46. The summed E-state index contributed by atoms with van der Waals surface area (Å²) in [5.41, 5.74) is 0.477. The van der Waals surface area contributed by atoms with Crippen molar-refractivity contribution in [3.05, 3.63) is 12.2 Å². The van der Waals surface area contributed by atoms with E-state index in [9.17, 15) is 9.90 Å². The van der Waals surface area contributed by atoms with E-state index >= 15 is 0 Å².